The van der Waals surface area contributed by atoms with Gasteiger partial charge in [0.05, 0.1) is 5.69 Å². The van der Waals surface area contributed by atoms with E-state index in [0.29, 0.717) is 18.1 Å². The third kappa shape index (κ3) is 3.57. The lowest BCUT2D eigenvalue weighted by molar-refractivity contribution is -0.118. The summed E-state index contributed by atoms with van der Waals surface area (Å²) in [4.78, 5) is 11.8. The Morgan fingerprint density at radius 3 is 2.75 bits per heavy atom. The van der Waals surface area contributed by atoms with Crippen LogP contribution in [0.15, 0.2) is 30.3 Å². The normalized spacial score (nSPS) is 10.3. The monoisotopic (exact) mass is 277 g/mol. The molecule has 0 aliphatic heterocycles. The van der Waals surface area contributed by atoms with Crippen LogP contribution in [0.1, 0.15) is 12.6 Å². The fourth-order valence-corrected chi connectivity index (χ4v) is 1.75. The van der Waals surface area contributed by atoms with Gasteiger partial charge < -0.3 is 10.1 Å². The summed E-state index contributed by atoms with van der Waals surface area (Å²) < 4.78 is 19.7. The van der Waals surface area contributed by atoms with Gasteiger partial charge in [-0.25, -0.2) is 9.07 Å². The number of aryl methyl sites for hydroxylation is 2. The molecule has 20 heavy (non-hydrogen) atoms. The zero-order valence-electron chi connectivity index (χ0n) is 11.4. The van der Waals surface area contributed by atoms with Crippen molar-refractivity contribution in [2.75, 3.05) is 11.9 Å². The molecule has 1 heterocycles. The van der Waals surface area contributed by atoms with E-state index < -0.39 is 0 Å². The Labute approximate surface area is 116 Å². The van der Waals surface area contributed by atoms with Crippen molar-refractivity contribution in [1.82, 2.24) is 9.78 Å². The number of aromatic nitrogens is 2. The maximum Gasteiger partial charge on any atom is 0.263 e. The van der Waals surface area contributed by atoms with Gasteiger partial charge in [0.25, 0.3) is 5.91 Å². The minimum absolute atomic E-state index is 0.139. The van der Waals surface area contributed by atoms with E-state index in [1.165, 1.54) is 24.3 Å². The van der Waals surface area contributed by atoms with Crippen molar-refractivity contribution in [2.45, 2.75) is 20.4 Å². The molecule has 0 unspecified atom stereocenters. The highest BCUT2D eigenvalue weighted by Gasteiger charge is 2.09. The summed E-state index contributed by atoms with van der Waals surface area (Å²) in [7, 11) is 0. The van der Waals surface area contributed by atoms with Crippen molar-refractivity contribution in [3.05, 3.63) is 41.8 Å². The van der Waals surface area contributed by atoms with Crippen LogP contribution in [0.3, 0.4) is 0 Å². The molecule has 0 aliphatic rings. The maximum absolute atomic E-state index is 12.7. The number of hydrogen-bond donors (Lipinski definition) is 1. The van der Waals surface area contributed by atoms with Crippen molar-refractivity contribution in [2.24, 2.45) is 0 Å². The van der Waals surface area contributed by atoms with E-state index in [1.54, 1.807) is 10.7 Å². The molecule has 2 rings (SSSR count). The Bertz CT molecular complexity index is 593. The number of carbonyl (C=O) groups excluding carboxylic acids is 1. The molecule has 2 aromatic rings. The number of anilines is 1. The molecule has 1 N–H and O–H groups in total. The molecule has 0 saturated heterocycles. The SMILES string of the molecule is CCn1nc(C)cc1NC(=O)COc1ccc(F)cc1. The highest BCUT2D eigenvalue weighted by molar-refractivity contribution is 5.91. The number of benzene rings is 1. The van der Waals surface area contributed by atoms with Gasteiger partial charge in [-0.3, -0.25) is 4.79 Å². The Morgan fingerprint density at radius 1 is 1.40 bits per heavy atom. The molecule has 0 atom stereocenters. The summed E-state index contributed by atoms with van der Waals surface area (Å²) in [6.45, 7) is 4.33. The predicted octanol–water partition coefficient (Wildman–Crippen LogP) is 2.37. The topological polar surface area (TPSA) is 56.2 Å². The lowest BCUT2D eigenvalue weighted by Gasteiger charge is -2.08. The first-order valence-corrected chi connectivity index (χ1v) is 6.31. The van der Waals surface area contributed by atoms with Gasteiger partial charge in [0.1, 0.15) is 17.4 Å². The molecular weight excluding hydrogens is 261 g/mol. The highest BCUT2D eigenvalue weighted by atomic mass is 19.1. The van der Waals surface area contributed by atoms with Crippen LogP contribution in [0.25, 0.3) is 0 Å². The third-order valence-corrected chi connectivity index (χ3v) is 2.65. The van der Waals surface area contributed by atoms with Gasteiger partial charge in [-0.05, 0) is 38.1 Å². The Hall–Kier alpha value is -2.37. The molecule has 0 fully saturated rings. The van der Waals surface area contributed by atoms with Gasteiger partial charge in [-0.2, -0.15) is 5.10 Å². The van der Waals surface area contributed by atoms with Crippen LogP contribution in [-0.2, 0) is 11.3 Å². The average Bonchev–Trinajstić information content (AvgIpc) is 2.78. The summed E-state index contributed by atoms with van der Waals surface area (Å²) in [5, 5.41) is 6.96. The third-order valence-electron chi connectivity index (χ3n) is 2.65. The minimum atomic E-state index is -0.343. The molecule has 0 saturated carbocycles. The molecule has 5 nitrogen and oxygen atoms in total. The van der Waals surface area contributed by atoms with E-state index >= 15 is 0 Å². The van der Waals surface area contributed by atoms with E-state index in [9.17, 15) is 9.18 Å². The summed E-state index contributed by atoms with van der Waals surface area (Å²) in [5.41, 5.74) is 0.835. The lowest BCUT2D eigenvalue weighted by atomic mass is 10.3. The van der Waals surface area contributed by atoms with Gasteiger partial charge in [-0.15, -0.1) is 0 Å². The first kappa shape index (κ1) is 14.0. The molecule has 0 bridgehead atoms. The maximum atomic E-state index is 12.7. The smallest absolute Gasteiger partial charge is 0.263 e. The van der Waals surface area contributed by atoms with Crippen molar-refractivity contribution in [3.63, 3.8) is 0 Å². The summed E-state index contributed by atoms with van der Waals surface area (Å²) in [5.74, 6) is 0.451. The van der Waals surface area contributed by atoms with E-state index in [-0.39, 0.29) is 18.3 Å². The quantitative estimate of drug-likeness (QED) is 0.912. The number of carbonyl (C=O) groups is 1. The molecule has 1 aromatic heterocycles. The number of hydrogen-bond acceptors (Lipinski definition) is 3. The van der Waals surface area contributed by atoms with E-state index in [4.69, 9.17) is 4.74 Å². The Morgan fingerprint density at radius 2 is 2.10 bits per heavy atom. The summed E-state index contributed by atoms with van der Waals surface area (Å²) >= 11 is 0. The van der Waals surface area contributed by atoms with Crippen LogP contribution < -0.4 is 10.1 Å². The first-order valence-electron chi connectivity index (χ1n) is 6.31. The van der Waals surface area contributed by atoms with Crippen LogP contribution in [0.2, 0.25) is 0 Å². The fourth-order valence-electron chi connectivity index (χ4n) is 1.75. The number of halogens is 1. The van der Waals surface area contributed by atoms with Crippen molar-refractivity contribution < 1.29 is 13.9 Å². The largest absolute Gasteiger partial charge is 0.484 e. The minimum Gasteiger partial charge on any atom is -0.484 e. The van der Waals surface area contributed by atoms with Crippen molar-refractivity contribution >= 4 is 11.7 Å². The van der Waals surface area contributed by atoms with E-state index in [0.717, 1.165) is 5.69 Å². The van der Waals surface area contributed by atoms with Gasteiger partial charge in [-0.1, -0.05) is 0 Å². The van der Waals surface area contributed by atoms with Crippen LogP contribution in [0.5, 0.6) is 5.75 Å². The molecule has 1 amide bonds. The number of amides is 1. The second-order valence-electron chi connectivity index (χ2n) is 4.28. The molecule has 0 radical (unpaired) electrons. The van der Waals surface area contributed by atoms with E-state index in [2.05, 4.69) is 10.4 Å². The van der Waals surface area contributed by atoms with Crippen molar-refractivity contribution in [3.8, 4) is 5.75 Å². The molecular formula is C14H16FN3O2. The Balaban J connectivity index is 1.90. The molecule has 0 spiro atoms. The van der Waals surface area contributed by atoms with Crippen LogP contribution in [0.4, 0.5) is 10.2 Å². The fraction of sp³-hybridized carbons (Fsp3) is 0.286. The zero-order valence-corrected chi connectivity index (χ0v) is 11.4. The van der Waals surface area contributed by atoms with Crippen molar-refractivity contribution in [1.29, 1.82) is 0 Å². The van der Waals surface area contributed by atoms with Gasteiger partial charge >= 0.3 is 0 Å². The zero-order chi connectivity index (χ0) is 14.5. The van der Waals surface area contributed by atoms with Crippen LogP contribution in [0, 0.1) is 12.7 Å². The van der Waals surface area contributed by atoms with Gasteiger partial charge in [0.2, 0.25) is 0 Å². The predicted molar refractivity (Wildman–Crippen MR) is 73.2 cm³/mol. The standard InChI is InChI=1S/C14H16FN3O2/c1-3-18-13(8-10(2)17-18)16-14(19)9-20-12-6-4-11(15)5-7-12/h4-8H,3,9H2,1-2H3,(H,16,19). The molecule has 1 aromatic carbocycles. The first-order chi connectivity index (χ1) is 9.58. The average molecular weight is 277 g/mol. The molecule has 6 heteroatoms. The number of ether oxygens (including phenoxy) is 1. The van der Waals surface area contributed by atoms with Crippen LogP contribution in [-0.4, -0.2) is 22.3 Å². The van der Waals surface area contributed by atoms with Gasteiger partial charge in [0.15, 0.2) is 6.61 Å². The summed E-state index contributed by atoms with van der Waals surface area (Å²) in [6, 6.07) is 7.30. The molecule has 106 valence electrons. The second kappa shape index (κ2) is 6.18. The lowest BCUT2D eigenvalue weighted by Crippen LogP contribution is -2.22. The number of rotatable bonds is 5. The van der Waals surface area contributed by atoms with E-state index in [1.807, 2.05) is 13.8 Å². The number of nitrogens with one attached hydrogen (secondary N) is 1. The summed E-state index contributed by atoms with van der Waals surface area (Å²) in [6.07, 6.45) is 0. The highest BCUT2D eigenvalue weighted by Crippen LogP contribution is 2.12. The second-order valence-corrected chi connectivity index (χ2v) is 4.28. The van der Waals surface area contributed by atoms with Crippen LogP contribution >= 0.6 is 0 Å². The Kier molecular flexibility index (Phi) is 4.34. The number of nitrogens with zero attached hydrogens (tertiary/aromatic N) is 2. The molecule has 0 aliphatic carbocycles. The van der Waals surface area contributed by atoms with Gasteiger partial charge in [0, 0.05) is 12.6 Å².